The van der Waals surface area contributed by atoms with Gasteiger partial charge in [-0.05, 0) is 24.1 Å². The van der Waals surface area contributed by atoms with E-state index in [0.29, 0.717) is 12.1 Å². The van der Waals surface area contributed by atoms with E-state index in [1.165, 1.54) is 18.3 Å². The van der Waals surface area contributed by atoms with Gasteiger partial charge in [-0.25, -0.2) is 9.78 Å². The van der Waals surface area contributed by atoms with Crippen LogP contribution in [-0.4, -0.2) is 22.0 Å². The van der Waals surface area contributed by atoms with E-state index in [2.05, 4.69) is 10.3 Å². The number of pyridine rings is 1. The minimum atomic E-state index is -1.09. The van der Waals surface area contributed by atoms with Crippen molar-refractivity contribution in [2.24, 2.45) is 0 Å². The maximum atomic E-state index is 12.3. The van der Waals surface area contributed by atoms with Gasteiger partial charge in [0.05, 0.1) is 17.8 Å². The lowest BCUT2D eigenvalue weighted by molar-refractivity contribution is -0.117. The third kappa shape index (κ3) is 3.66. The number of nitrogens with one attached hydrogen (secondary N) is 1. The summed E-state index contributed by atoms with van der Waals surface area (Å²) >= 11 is 0. The molecule has 1 unspecified atom stereocenters. The number of hydrogen-bond acceptors (Lipinski definition) is 3. The van der Waals surface area contributed by atoms with Crippen LogP contribution in [0.1, 0.15) is 35.3 Å². The van der Waals surface area contributed by atoms with Gasteiger partial charge in [0.25, 0.3) is 0 Å². The molecule has 2 rings (SSSR count). The predicted molar refractivity (Wildman–Crippen MR) is 79.3 cm³/mol. The number of aromatic nitrogens is 1. The normalized spacial score (nSPS) is 11.7. The minimum absolute atomic E-state index is 0.0527. The third-order valence-electron chi connectivity index (χ3n) is 3.18. The smallest absolute Gasteiger partial charge is 0.354 e. The Labute approximate surface area is 122 Å². The Bertz CT molecular complexity index is 624. The fourth-order valence-electron chi connectivity index (χ4n) is 2.08. The van der Waals surface area contributed by atoms with Crippen molar-refractivity contribution in [1.82, 2.24) is 4.98 Å². The first kappa shape index (κ1) is 14.7. The Morgan fingerprint density at radius 3 is 2.43 bits per heavy atom. The van der Waals surface area contributed by atoms with E-state index in [1.54, 1.807) is 0 Å². The number of carboxylic acids is 1. The Morgan fingerprint density at radius 1 is 1.19 bits per heavy atom. The lowest BCUT2D eigenvalue weighted by Crippen LogP contribution is -2.20. The van der Waals surface area contributed by atoms with E-state index in [0.717, 1.165) is 5.56 Å². The van der Waals surface area contributed by atoms with Crippen molar-refractivity contribution in [2.45, 2.75) is 19.3 Å². The number of carbonyl (C=O) groups excluding carboxylic acids is 1. The zero-order valence-electron chi connectivity index (χ0n) is 11.6. The molecule has 1 aromatic heterocycles. The SMILES string of the molecule is CCC(C(=O)Nc1ccc(C(=O)O)nc1)c1ccccc1. The van der Waals surface area contributed by atoms with Crippen LogP contribution in [0, 0.1) is 0 Å². The summed E-state index contributed by atoms with van der Waals surface area (Å²) in [4.78, 5) is 26.8. The summed E-state index contributed by atoms with van der Waals surface area (Å²) in [7, 11) is 0. The van der Waals surface area contributed by atoms with Crippen LogP contribution in [-0.2, 0) is 4.79 Å². The molecule has 0 aliphatic rings. The molecule has 0 radical (unpaired) electrons. The van der Waals surface area contributed by atoms with Gasteiger partial charge >= 0.3 is 5.97 Å². The largest absolute Gasteiger partial charge is 0.477 e. The maximum absolute atomic E-state index is 12.3. The highest BCUT2D eigenvalue weighted by molar-refractivity contribution is 5.96. The topological polar surface area (TPSA) is 79.3 Å². The highest BCUT2D eigenvalue weighted by Crippen LogP contribution is 2.21. The Morgan fingerprint density at radius 2 is 1.90 bits per heavy atom. The fourth-order valence-corrected chi connectivity index (χ4v) is 2.08. The van der Waals surface area contributed by atoms with Crippen LogP contribution < -0.4 is 5.32 Å². The summed E-state index contributed by atoms with van der Waals surface area (Å²) in [6.45, 7) is 1.95. The van der Waals surface area contributed by atoms with Gasteiger partial charge in [0, 0.05) is 0 Å². The number of anilines is 1. The van der Waals surface area contributed by atoms with Gasteiger partial charge in [-0.1, -0.05) is 37.3 Å². The maximum Gasteiger partial charge on any atom is 0.354 e. The average molecular weight is 284 g/mol. The first-order valence-corrected chi connectivity index (χ1v) is 6.67. The minimum Gasteiger partial charge on any atom is -0.477 e. The van der Waals surface area contributed by atoms with E-state index in [1.807, 2.05) is 37.3 Å². The van der Waals surface area contributed by atoms with Crippen LogP contribution in [0.4, 0.5) is 5.69 Å². The monoisotopic (exact) mass is 284 g/mol. The number of rotatable bonds is 5. The molecule has 0 saturated carbocycles. The van der Waals surface area contributed by atoms with Crippen molar-refractivity contribution < 1.29 is 14.7 Å². The van der Waals surface area contributed by atoms with Crippen LogP contribution >= 0.6 is 0 Å². The molecule has 5 heteroatoms. The van der Waals surface area contributed by atoms with Crippen LogP contribution in [0.25, 0.3) is 0 Å². The van der Waals surface area contributed by atoms with Crippen molar-refractivity contribution in [3.63, 3.8) is 0 Å². The van der Waals surface area contributed by atoms with E-state index < -0.39 is 5.97 Å². The molecule has 21 heavy (non-hydrogen) atoms. The van der Waals surface area contributed by atoms with E-state index in [-0.39, 0.29) is 17.5 Å². The Hall–Kier alpha value is -2.69. The fraction of sp³-hybridized carbons (Fsp3) is 0.188. The first-order valence-electron chi connectivity index (χ1n) is 6.67. The second kappa shape index (κ2) is 6.65. The number of nitrogens with zero attached hydrogens (tertiary/aromatic N) is 1. The molecule has 0 aliphatic heterocycles. The van der Waals surface area contributed by atoms with E-state index in [4.69, 9.17) is 5.11 Å². The zero-order valence-corrected chi connectivity index (χ0v) is 11.6. The standard InChI is InChI=1S/C16H16N2O3/c1-2-13(11-6-4-3-5-7-11)15(19)18-12-8-9-14(16(20)21)17-10-12/h3-10,13H,2H2,1H3,(H,18,19)(H,20,21). The zero-order chi connectivity index (χ0) is 15.2. The lowest BCUT2D eigenvalue weighted by atomic mass is 9.95. The summed E-state index contributed by atoms with van der Waals surface area (Å²) < 4.78 is 0. The number of hydrogen-bond donors (Lipinski definition) is 2. The molecule has 1 heterocycles. The van der Waals surface area contributed by atoms with Gasteiger partial charge in [-0.3, -0.25) is 4.79 Å². The molecule has 0 saturated heterocycles. The average Bonchev–Trinajstić information content (AvgIpc) is 2.49. The van der Waals surface area contributed by atoms with Gasteiger partial charge < -0.3 is 10.4 Å². The number of benzene rings is 1. The summed E-state index contributed by atoms with van der Waals surface area (Å²) in [5, 5.41) is 11.5. The van der Waals surface area contributed by atoms with Crippen LogP contribution in [0.3, 0.4) is 0 Å². The second-order valence-corrected chi connectivity index (χ2v) is 4.60. The highest BCUT2D eigenvalue weighted by Gasteiger charge is 2.18. The van der Waals surface area contributed by atoms with Crippen molar-refractivity contribution in [3.8, 4) is 0 Å². The Balaban J connectivity index is 2.11. The van der Waals surface area contributed by atoms with E-state index in [9.17, 15) is 9.59 Å². The molecule has 2 N–H and O–H groups in total. The molecule has 0 bridgehead atoms. The van der Waals surface area contributed by atoms with Crippen LogP contribution in [0.15, 0.2) is 48.7 Å². The lowest BCUT2D eigenvalue weighted by Gasteiger charge is -2.15. The van der Waals surface area contributed by atoms with Crippen molar-refractivity contribution in [2.75, 3.05) is 5.32 Å². The molecular weight excluding hydrogens is 268 g/mol. The molecule has 1 atom stereocenters. The number of aromatic carboxylic acids is 1. The molecular formula is C16H16N2O3. The molecule has 108 valence electrons. The summed E-state index contributed by atoms with van der Waals surface area (Å²) in [5.74, 6) is -1.47. The predicted octanol–water partition coefficient (Wildman–Crippen LogP) is 2.91. The van der Waals surface area contributed by atoms with Crippen LogP contribution in [0.2, 0.25) is 0 Å². The number of carboxylic acid groups (broad SMARTS) is 1. The van der Waals surface area contributed by atoms with Gasteiger partial charge in [0.1, 0.15) is 5.69 Å². The quantitative estimate of drug-likeness (QED) is 0.884. The molecule has 1 aromatic carbocycles. The molecule has 0 aliphatic carbocycles. The summed E-state index contributed by atoms with van der Waals surface area (Å²) in [6.07, 6.45) is 2.02. The first-order chi connectivity index (χ1) is 10.1. The van der Waals surface area contributed by atoms with Crippen LogP contribution in [0.5, 0.6) is 0 Å². The summed E-state index contributed by atoms with van der Waals surface area (Å²) in [6, 6.07) is 12.4. The van der Waals surface area contributed by atoms with Gasteiger partial charge in [-0.2, -0.15) is 0 Å². The Kier molecular flexibility index (Phi) is 4.66. The number of amides is 1. The molecule has 2 aromatic rings. The van der Waals surface area contributed by atoms with E-state index >= 15 is 0 Å². The second-order valence-electron chi connectivity index (χ2n) is 4.60. The van der Waals surface area contributed by atoms with Crippen molar-refractivity contribution in [3.05, 3.63) is 59.9 Å². The third-order valence-corrected chi connectivity index (χ3v) is 3.18. The number of carbonyl (C=O) groups is 2. The molecule has 0 spiro atoms. The van der Waals surface area contributed by atoms with Crippen molar-refractivity contribution >= 4 is 17.6 Å². The van der Waals surface area contributed by atoms with Crippen molar-refractivity contribution in [1.29, 1.82) is 0 Å². The van der Waals surface area contributed by atoms with Gasteiger partial charge in [0.15, 0.2) is 0 Å². The molecule has 5 nitrogen and oxygen atoms in total. The van der Waals surface area contributed by atoms with Gasteiger partial charge in [-0.15, -0.1) is 0 Å². The summed E-state index contributed by atoms with van der Waals surface area (Å²) in [5.41, 5.74) is 1.38. The van der Waals surface area contributed by atoms with Gasteiger partial charge in [0.2, 0.25) is 5.91 Å². The molecule has 0 fully saturated rings. The molecule has 1 amide bonds. The highest BCUT2D eigenvalue weighted by atomic mass is 16.4.